The Morgan fingerprint density at radius 2 is 1.96 bits per heavy atom. The van der Waals surface area contributed by atoms with Crippen molar-refractivity contribution in [3.8, 4) is 17.2 Å². The fourth-order valence-corrected chi connectivity index (χ4v) is 3.27. The predicted molar refractivity (Wildman–Crippen MR) is 97.5 cm³/mol. The van der Waals surface area contributed by atoms with Gasteiger partial charge in [-0.15, -0.1) is 0 Å². The zero-order valence-corrected chi connectivity index (χ0v) is 15.7. The first-order chi connectivity index (χ1) is 12.2. The molecule has 0 saturated carbocycles. The summed E-state index contributed by atoms with van der Waals surface area (Å²) in [6, 6.07) is 2.98. The first-order valence-corrected chi connectivity index (χ1v) is 8.36. The van der Waals surface area contributed by atoms with Crippen molar-refractivity contribution in [3.05, 3.63) is 35.1 Å². The van der Waals surface area contributed by atoms with Crippen molar-refractivity contribution in [3.63, 3.8) is 0 Å². The summed E-state index contributed by atoms with van der Waals surface area (Å²) < 4.78 is 10.9. The van der Waals surface area contributed by atoms with Crippen LogP contribution in [0.4, 0.5) is 0 Å². The topological polar surface area (TPSA) is 93.1 Å². The Morgan fingerprint density at radius 3 is 2.46 bits per heavy atom. The highest BCUT2D eigenvalue weighted by Crippen LogP contribution is 2.51. The van der Waals surface area contributed by atoms with Crippen LogP contribution in [-0.2, 0) is 9.59 Å². The van der Waals surface area contributed by atoms with E-state index in [2.05, 4.69) is 0 Å². The number of phenols is 1. The van der Waals surface area contributed by atoms with E-state index in [1.165, 1.54) is 33.1 Å². The second-order valence-corrected chi connectivity index (χ2v) is 6.45. The fraction of sp³-hybridized carbons (Fsp3) is 0.400. The minimum Gasteiger partial charge on any atom is -0.512 e. The van der Waals surface area contributed by atoms with E-state index >= 15 is 0 Å². The van der Waals surface area contributed by atoms with E-state index in [9.17, 15) is 19.8 Å². The zero-order chi connectivity index (χ0) is 19.6. The average molecular weight is 360 g/mol. The molecule has 0 saturated heterocycles. The van der Waals surface area contributed by atoms with E-state index in [4.69, 9.17) is 9.47 Å². The molecule has 6 nitrogen and oxygen atoms in total. The van der Waals surface area contributed by atoms with Crippen molar-refractivity contribution in [1.29, 1.82) is 0 Å². The number of rotatable bonds is 5. The van der Waals surface area contributed by atoms with Crippen LogP contribution in [0.5, 0.6) is 17.2 Å². The number of carbonyl (C=O) groups excluding carboxylic acids is 2. The summed E-state index contributed by atoms with van der Waals surface area (Å²) in [7, 11) is 1.43. The van der Waals surface area contributed by atoms with E-state index in [1.807, 2.05) is 6.92 Å². The normalized spacial score (nSPS) is 21.5. The lowest BCUT2D eigenvalue weighted by atomic mass is 9.68. The second kappa shape index (κ2) is 7.23. The number of hydrogen-bond donors (Lipinski definition) is 2. The van der Waals surface area contributed by atoms with Gasteiger partial charge < -0.3 is 19.7 Å². The molecule has 1 aliphatic rings. The maximum absolute atomic E-state index is 13.0. The van der Waals surface area contributed by atoms with Crippen molar-refractivity contribution < 1.29 is 29.3 Å². The Balaban J connectivity index is 2.83. The van der Waals surface area contributed by atoms with Crippen LogP contribution in [0.3, 0.4) is 0 Å². The standard InChI is InChI=1S/C20H24O6/c1-6-20(18(24)7-11(2)21)10-26-16-9-17(25-5)15(23)8-14(16)19(20)12(3)13(4)22/h7-9,21,23H,6,10H2,1-5H3/b11-7-,19-12+. The number of fused-ring (bicyclic) bond motifs is 1. The van der Waals surface area contributed by atoms with E-state index in [1.54, 1.807) is 6.92 Å². The summed E-state index contributed by atoms with van der Waals surface area (Å²) >= 11 is 0. The fourth-order valence-electron chi connectivity index (χ4n) is 3.27. The molecule has 140 valence electrons. The molecule has 1 unspecified atom stereocenters. The van der Waals surface area contributed by atoms with Crippen molar-refractivity contribution in [2.24, 2.45) is 5.41 Å². The molecular formula is C20H24O6. The van der Waals surface area contributed by atoms with Gasteiger partial charge in [0.1, 0.15) is 12.4 Å². The van der Waals surface area contributed by atoms with Gasteiger partial charge in [-0.25, -0.2) is 0 Å². The number of aliphatic hydroxyl groups is 1. The molecule has 1 heterocycles. The smallest absolute Gasteiger partial charge is 0.172 e. The maximum atomic E-state index is 13.0. The molecule has 26 heavy (non-hydrogen) atoms. The first-order valence-electron chi connectivity index (χ1n) is 8.36. The second-order valence-electron chi connectivity index (χ2n) is 6.45. The highest BCUT2D eigenvalue weighted by Gasteiger charge is 2.46. The summed E-state index contributed by atoms with van der Waals surface area (Å²) in [5.74, 6) is -0.0974. The van der Waals surface area contributed by atoms with Crippen molar-refractivity contribution in [2.45, 2.75) is 34.1 Å². The molecule has 0 bridgehead atoms. The lowest BCUT2D eigenvalue weighted by Crippen LogP contribution is -2.41. The summed E-state index contributed by atoms with van der Waals surface area (Å²) in [6.07, 6.45) is 1.51. The minimum absolute atomic E-state index is 0.0208. The van der Waals surface area contributed by atoms with E-state index in [0.29, 0.717) is 28.9 Å². The predicted octanol–water partition coefficient (Wildman–Crippen LogP) is 3.58. The Labute approximate surface area is 152 Å². The molecule has 1 atom stereocenters. The quantitative estimate of drug-likeness (QED) is 0.616. The first kappa shape index (κ1) is 19.6. The number of benzene rings is 1. The summed E-state index contributed by atoms with van der Waals surface area (Å²) in [4.78, 5) is 25.1. The summed E-state index contributed by atoms with van der Waals surface area (Å²) in [6.45, 7) is 6.34. The van der Waals surface area contributed by atoms with Crippen LogP contribution in [0, 0.1) is 5.41 Å². The number of Topliss-reactive ketones (excluding diaryl/α,β-unsaturated/α-hetero) is 1. The third-order valence-electron chi connectivity index (χ3n) is 4.82. The third kappa shape index (κ3) is 3.19. The van der Waals surface area contributed by atoms with Crippen LogP contribution >= 0.6 is 0 Å². The molecule has 0 radical (unpaired) electrons. The molecule has 1 aliphatic heterocycles. The van der Waals surface area contributed by atoms with E-state index in [-0.39, 0.29) is 35.4 Å². The summed E-state index contributed by atoms with van der Waals surface area (Å²) in [5, 5.41) is 19.8. The van der Waals surface area contributed by atoms with Crippen LogP contribution in [0.25, 0.3) is 5.57 Å². The Bertz CT molecular complexity index is 814. The number of carbonyl (C=O) groups is 2. The van der Waals surface area contributed by atoms with E-state index < -0.39 is 5.41 Å². The Morgan fingerprint density at radius 1 is 1.31 bits per heavy atom. The van der Waals surface area contributed by atoms with Gasteiger partial charge in [0, 0.05) is 17.7 Å². The molecule has 1 aromatic carbocycles. The zero-order valence-electron chi connectivity index (χ0n) is 15.7. The molecule has 0 spiro atoms. The van der Waals surface area contributed by atoms with Crippen LogP contribution in [0.1, 0.15) is 39.7 Å². The molecular weight excluding hydrogens is 336 g/mol. The van der Waals surface area contributed by atoms with Gasteiger partial charge in [-0.1, -0.05) is 6.92 Å². The minimum atomic E-state index is -1.13. The molecule has 2 N–H and O–H groups in total. The van der Waals surface area contributed by atoms with Gasteiger partial charge in [-0.05, 0) is 44.4 Å². The highest BCUT2D eigenvalue weighted by molar-refractivity contribution is 6.11. The molecule has 0 amide bonds. The average Bonchev–Trinajstić information content (AvgIpc) is 2.58. The lowest BCUT2D eigenvalue weighted by molar-refractivity contribution is -0.122. The largest absolute Gasteiger partial charge is 0.512 e. The van der Waals surface area contributed by atoms with Gasteiger partial charge in [-0.3, -0.25) is 9.59 Å². The number of methoxy groups -OCH3 is 1. The number of ketones is 2. The van der Waals surface area contributed by atoms with Gasteiger partial charge in [0.05, 0.1) is 18.3 Å². The van der Waals surface area contributed by atoms with Crippen LogP contribution in [-0.4, -0.2) is 35.5 Å². The number of allylic oxidation sites excluding steroid dienone is 3. The van der Waals surface area contributed by atoms with Crippen LogP contribution in [0.15, 0.2) is 29.5 Å². The number of aliphatic hydroxyl groups excluding tert-OH is 1. The monoisotopic (exact) mass is 360 g/mol. The summed E-state index contributed by atoms with van der Waals surface area (Å²) in [5.41, 5.74) is 0.266. The van der Waals surface area contributed by atoms with Gasteiger partial charge in [-0.2, -0.15) is 0 Å². The van der Waals surface area contributed by atoms with Gasteiger partial charge in [0.2, 0.25) is 0 Å². The number of aromatic hydroxyl groups is 1. The van der Waals surface area contributed by atoms with Crippen molar-refractivity contribution >= 4 is 17.1 Å². The third-order valence-corrected chi connectivity index (χ3v) is 4.82. The van der Waals surface area contributed by atoms with Crippen LogP contribution in [0.2, 0.25) is 0 Å². The maximum Gasteiger partial charge on any atom is 0.172 e. The van der Waals surface area contributed by atoms with Crippen molar-refractivity contribution in [1.82, 2.24) is 0 Å². The van der Waals surface area contributed by atoms with Crippen molar-refractivity contribution in [2.75, 3.05) is 13.7 Å². The molecule has 6 heteroatoms. The van der Waals surface area contributed by atoms with Crippen LogP contribution < -0.4 is 9.47 Å². The molecule has 0 aliphatic carbocycles. The van der Waals surface area contributed by atoms with Gasteiger partial charge >= 0.3 is 0 Å². The molecule has 0 aromatic heterocycles. The molecule has 0 fully saturated rings. The Kier molecular flexibility index (Phi) is 5.44. The lowest BCUT2D eigenvalue weighted by Gasteiger charge is -2.39. The Hall–Kier alpha value is -2.76. The number of ether oxygens (including phenoxy) is 2. The SMILES string of the molecule is CCC1(C(=O)/C=C(/C)O)COc2cc(OC)c(O)cc2/C1=C(/C)C(C)=O. The van der Waals surface area contributed by atoms with E-state index in [0.717, 1.165) is 6.08 Å². The number of hydrogen-bond acceptors (Lipinski definition) is 6. The van der Waals surface area contributed by atoms with Gasteiger partial charge in [0.25, 0.3) is 0 Å². The molecule has 2 rings (SSSR count). The molecule has 1 aromatic rings. The highest BCUT2D eigenvalue weighted by atomic mass is 16.5. The van der Waals surface area contributed by atoms with Gasteiger partial charge in [0.15, 0.2) is 23.1 Å². The number of phenolic OH excluding ortho intramolecular Hbond substituents is 1.